The molecule has 1 aromatic carbocycles. The van der Waals surface area contributed by atoms with Crippen molar-refractivity contribution in [1.82, 2.24) is 35.5 Å². The third-order valence-electron chi connectivity index (χ3n) is 5.48. The molecule has 1 saturated heterocycles. The molecule has 0 atom stereocenters. The Bertz CT molecular complexity index is 1370. The van der Waals surface area contributed by atoms with E-state index in [9.17, 15) is 4.79 Å². The van der Waals surface area contributed by atoms with Gasteiger partial charge in [-0.1, -0.05) is 59.9 Å². The van der Waals surface area contributed by atoms with E-state index in [2.05, 4.69) is 31.7 Å². The predicted molar refractivity (Wildman–Crippen MR) is 137 cm³/mol. The average molecular weight is 488 g/mol. The molecule has 0 bridgehead atoms. The second-order valence-corrected chi connectivity index (χ2v) is 9.51. The van der Waals surface area contributed by atoms with E-state index < -0.39 is 0 Å². The number of nitrogens with one attached hydrogen (secondary N) is 1. The Morgan fingerprint density at radius 2 is 2.00 bits per heavy atom. The SMILES string of the molecule is O=C1C(=Cc2cccc(-c3cnc4ccccc4c3)n2)SC(=S)N1CCCCCc1nn[nH]n1. The highest BCUT2D eigenvalue weighted by Gasteiger charge is 2.31. The minimum absolute atomic E-state index is 0.0623. The molecule has 0 saturated carbocycles. The lowest BCUT2D eigenvalue weighted by molar-refractivity contribution is -0.122. The molecule has 1 fully saturated rings. The highest BCUT2D eigenvalue weighted by Crippen LogP contribution is 2.33. The van der Waals surface area contributed by atoms with E-state index in [4.69, 9.17) is 17.2 Å². The molecule has 4 heterocycles. The van der Waals surface area contributed by atoms with Crippen LogP contribution in [-0.2, 0) is 11.2 Å². The number of aromatic amines is 1. The van der Waals surface area contributed by atoms with E-state index in [0.717, 1.165) is 47.8 Å². The first kappa shape index (κ1) is 22.3. The van der Waals surface area contributed by atoms with Crippen LogP contribution in [0.2, 0.25) is 0 Å². The summed E-state index contributed by atoms with van der Waals surface area (Å²) in [6, 6.07) is 15.8. The minimum Gasteiger partial charge on any atom is -0.293 e. The minimum atomic E-state index is -0.0623. The maximum Gasteiger partial charge on any atom is 0.266 e. The highest BCUT2D eigenvalue weighted by atomic mass is 32.2. The second kappa shape index (κ2) is 10.2. The lowest BCUT2D eigenvalue weighted by Gasteiger charge is -2.13. The van der Waals surface area contributed by atoms with Gasteiger partial charge in [0.25, 0.3) is 5.91 Å². The van der Waals surface area contributed by atoms with Crippen LogP contribution in [0.4, 0.5) is 0 Å². The number of hydrogen-bond acceptors (Lipinski definition) is 8. The molecular weight excluding hydrogens is 466 g/mol. The molecule has 170 valence electrons. The van der Waals surface area contributed by atoms with E-state index in [1.807, 2.05) is 54.7 Å². The number of hydrogen-bond donors (Lipinski definition) is 1. The van der Waals surface area contributed by atoms with Crippen LogP contribution in [0.25, 0.3) is 28.2 Å². The number of benzene rings is 1. The fourth-order valence-corrected chi connectivity index (χ4v) is 5.04. The van der Waals surface area contributed by atoms with Gasteiger partial charge in [-0.2, -0.15) is 5.21 Å². The number of carbonyl (C=O) groups is 1. The van der Waals surface area contributed by atoms with Crippen LogP contribution in [0.5, 0.6) is 0 Å². The van der Waals surface area contributed by atoms with Crippen molar-refractivity contribution in [2.24, 2.45) is 0 Å². The number of unbranched alkanes of at least 4 members (excludes halogenated alkanes) is 2. The van der Waals surface area contributed by atoms with Gasteiger partial charge in [-0.15, -0.1) is 10.2 Å². The number of aromatic nitrogens is 6. The molecule has 0 aliphatic carbocycles. The Morgan fingerprint density at radius 1 is 1.09 bits per heavy atom. The quantitative estimate of drug-likeness (QED) is 0.221. The standard InChI is InChI=1S/C24H21N7OS2/c32-23-21(34-24(33)31(23)12-5-1-2-11-22-27-29-30-28-22)14-18-8-6-10-20(26-18)17-13-16-7-3-4-9-19(16)25-15-17/h3-4,6-10,13-15H,1-2,5,11-12H2,(H,27,28,29,30). The number of nitrogens with zero attached hydrogens (tertiary/aromatic N) is 6. The van der Waals surface area contributed by atoms with Crippen LogP contribution in [0, 0.1) is 0 Å². The number of amides is 1. The van der Waals surface area contributed by atoms with Gasteiger partial charge in [0.05, 0.1) is 21.8 Å². The number of aryl methyl sites for hydroxylation is 1. The van der Waals surface area contributed by atoms with Gasteiger partial charge >= 0.3 is 0 Å². The summed E-state index contributed by atoms with van der Waals surface area (Å²) < 4.78 is 0.587. The summed E-state index contributed by atoms with van der Waals surface area (Å²) in [6.45, 7) is 0.602. The maximum atomic E-state index is 13.0. The number of para-hydroxylation sites is 1. The number of H-pyrrole nitrogens is 1. The molecule has 8 nitrogen and oxygen atoms in total. The third kappa shape index (κ3) is 5.02. The number of thioether (sulfide) groups is 1. The van der Waals surface area contributed by atoms with E-state index >= 15 is 0 Å². The summed E-state index contributed by atoms with van der Waals surface area (Å²) in [5.74, 6) is 0.649. The van der Waals surface area contributed by atoms with Crippen molar-refractivity contribution in [2.75, 3.05) is 6.54 Å². The van der Waals surface area contributed by atoms with Crippen molar-refractivity contribution in [1.29, 1.82) is 0 Å². The molecule has 4 aromatic rings. The van der Waals surface area contributed by atoms with E-state index in [1.54, 1.807) is 4.90 Å². The Balaban J connectivity index is 1.24. The number of thiocarbonyl (C=S) groups is 1. The molecule has 0 radical (unpaired) electrons. The molecule has 0 unspecified atom stereocenters. The fraction of sp³-hybridized carbons (Fsp3) is 0.208. The normalized spacial score (nSPS) is 15.1. The highest BCUT2D eigenvalue weighted by molar-refractivity contribution is 8.26. The van der Waals surface area contributed by atoms with Crippen molar-refractivity contribution < 1.29 is 4.79 Å². The molecule has 34 heavy (non-hydrogen) atoms. The van der Waals surface area contributed by atoms with Crippen LogP contribution in [0.15, 0.2) is 59.6 Å². The number of tetrazole rings is 1. The molecule has 5 rings (SSSR count). The van der Waals surface area contributed by atoms with Gasteiger partial charge in [0.15, 0.2) is 5.82 Å². The van der Waals surface area contributed by atoms with Crippen molar-refractivity contribution in [3.63, 3.8) is 0 Å². The Morgan fingerprint density at radius 3 is 2.88 bits per heavy atom. The van der Waals surface area contributed by atoms with E-state index in [-0.39, 0.29) is 5.91 Å². The lowest BCUT2D eigenvalue weighted by Crippen LogP contribution is -2.29. The Kier molecular flexibility index (Phi) is 6.68. The van der Waals surface area contributed by atoms with Crippen molar-refractivity contribution >= 4 is 51.2 Å². The summed E-state index contributed by atoms with van der Waals surface area (Å²) in [7, 11) is 0. The van der Waals surface area contributed by atoms with Crippen molar-refractivity contribution in [3.05, 3.63) is 71.2 Å². The van der Waals surface area contributed by atoms with Gasteiger partial charge in [-0.05, 0) is 43.2 Å². The second-order valence-electron chi connectivity index (χ2n) is 7.84. The summed E-state index contributed by atoms with van der Waals surface area (Å²) in [5, 5.41) is 15.0. The topological polar surface area (TPSA) is 101 Å². The first-order valence-corrected chi connectivity index (χ1v) is 12.2. The number of carbonyl (C=O) groups excluding carboxylic acids is 1. The van der Waals surface area contributed by atoms with Crippen LogP contribution < -0.4 is 0 Å². The van der Waals surface area contributed by atoms with Crippen molar-refractivity contribution in [2.45, 2.75) is 25.7 Å². The monoisotopic (exact) mass is 487 g/mol. The summed E-state index contributed by atoms with van der Waals surface area (Å²) in [4.78, 5) is 24.5. The number of fused-ring (bicyclic) bond motifs is 1. The molecule has 3 aromatic heterocycles. The average Bonchev–Trinajstić information content (AvgIpc) is 3.47. The molecule has 10 heteroatoms. The first-order valence-electron chi connectivity index (χ1n) is 11.0. The fourth-order valence-electron chi connectivity index (χ4n) is 3.75. The van der Waals surface area contributed by atoms with Crippen LogP contribution in [-0.4, -0.2) is 52.3 Å². The Labute approximate surface area is 205 Å². The molecular formula is C24H21N7OS2. The van der Waals surface area contributed by atoms with Gasteiger partial charge in [-0.3, -0.25) is 14.7 Å². The predicted octanol–water partition coefficient (Wildman–Crippen LogP) is 4.42. The lowest BCUT2D eigenvalue weighted by atomic mass is 10.1. The number of rotatable bonds is 8. The largest absolute Gasteiger partial charge is 0.293 e. The zero-order chi connectivity index (χ0) is 23.3. The molecule has 0 spiro atoms. The zero-order valence-corrected chi connectivity index (χ0v) is 19.9. The molecule has 1 amide bonds. The van der Waals surface area contributed by atoms with Crippen molar-refractivity contribution in [3.8, 4) is 11.3 Å². The van der Waals surface area contributed by atoms with E-state index in [1.165, 1.54) is 11.8 Å². The number of pyridine rings is 2. The summed E-state index contributed by atoms with van der Waals surface area (Å²) >= 11 is 6.79. The van der Waals surface area contributed by atoms with Gasteiger partial charge in [0, 0.05) is 30.1 Å². The zero-order valence-electron chi connectivity index (χ0n) is 18.2. The van der Waals surface area contributed by atoms with Gasteiger partial charge in [0.2, 0.25) is 0 Å². The van der Waals surface area contributed by atoms with Gasteiger partial charge in [-0.25, -0.2) is 4.98 Å². The summed E-state index contributed by atoms with van der Waals surface area (Å²) in [5.41, 5.74) is 3.40. The smallest absolute Gasteiger partial charge is 0.266 e. The maximum absolute atomic E-state index is 13.0. The first-order chi connectivity index (χ1) is 16.7. The molecule has 1 aliphatic heterocycles. The van der Waals surface area contributed by atoms with Gasteiger partial charge < -0.3 is 0 Å². The summed E-state index contributed by atoms with van der Waals surface area (Å²) in [6.07, 6.45) is 7.16. The van der Waals surface area contributed by atoms with Crippen LogP contribution in [0.1, 0.15) is 30.8 Å². The third-order valence-corrected chi connectivity index (χ3v) is 6.86. The molecule has 1 N–H and O–H groups in total. The molecule has 1 aliphatic rings. The van der Waals surface area contributed by atoms with Gasteiger partial charge in [0.1, 0.15) is 4.32 Å². The van der Waals surface area contributed by atoms with Crippen LogP contribution >= 0.6 is 24.0 Å². The van der Waals surface area contributed by atoms with E-state index in [0.29, 0.717) is 27.3 Å². The Hall–Kier alpha value is -3.50. The van der Waals surface area contributed by atoms with Crippen LogP contribution in [0.3, 0.4) is 0 Å².